The summed E-state index contributed by atoms with van der Waals surface area (Å²) in [4.78, 5) is 19.6. The molecule has 0 aliphatic rings. The van der Waals surface area contributed by atoms with Crippen LogP contribution in [-0.4, -0.2) is 10.8 Å². The van der Waals surface area contributed by atoms with Gasteiger partial charge in [0.25, 0.3) is 0 Å². The van der Waals surface area contributed by atoms with Gasteiger partial charge in [0.2, 0.25) is 0 Å². The number of pyridine rings is 1. The van der Waals surface area contributed by atoms with Gasteiger partial charge in [0, 0.05) is 25.2 Å². The second kappa shape index (κ2) is 9.30. The van der Waals surface area contributed by atoms with Crippen LogP contribution in [0.15, 0.2) is 73.1 Å². The summed E-state index contributed by atoms with van der Waals surface area (Å²) in [5, 5.41) is 0. The zero-order chi connectivity index (χ0) is 18.9. The average Bonchev–Trinajstić information content (AvgIpc) is 2.73. The van der Waals surface area contributed by atoms with E-state index in [0.717, 1.165) is 23.1 Å². The van der Waals surface area contributed by atoms with Gasteiger partial charge in [-0.1, -0.05) is 42.5 Å². The summed E-state index contributed by atoms with van der Waals surface area (Å²) in [6, 6.07) is 18.9. The van der Waals surface area contributed by atoms with Gasteiger partial charge in [0.05, 0.1) is 6.57 Å². The molecule has 0 aliphatic carbocycles. The molecule has 0 saturated carbocycles. The fourth-order valence-corrected chi connectivity index (χ4v) is 2.71. The van der Waals surface area contributed by atoms with Crippen molar-refractivity contribution >= 4 is 11.5 Å². The van der Waals surface area contributed by atoms with Crippen LogP contribution in [0.1, 0.15) is 23.1 Å². The molecule has 3 rings (SSSR count). The molecule has 0 atom stereocenters. The van der Waals surface area contributed by atoms with Crippen molar-refractivity contribution in [2.45, 2.75) is 25.9 Å². The molecule has 4 nitrogen and oxygen atoms in total. The van der Waals surface area contributed by atoms with E-state index in [1.54, 1.807) is 24.5 Å². The van der Waals surface area contributed by atoms with Crippen molar-refractivity contribution < 1.29 is 9.53 Å². The molecule has 0 aliphatic heterocycles. The molecule has 3 aromatic rings. The fraction of sp³-hybridized carbons (Fsp3) is 0.174. The second-order valence-electron chi connectivity index (χ2n) is 6.29. The van der Waals surface area contributed by atoms with E-state index < -0.39 is 0 Å². The molecule has 0 saturated heterocycles. The second-order valence-corrected chi connectivity index (χ2v) is 6.29. The molecule has 0 spiro atoms. The third-order valence-corrected chi connectivity index (χ3v) is 4.19. The van der Waals surface area contributed by atoms with Crippen LogP contribution in [0.5, 0.6) is 5.75 Å². The van der Waals surface area contributed by atoms with Gasteiger partial charge in [-0.25, -0.2) is 4.85 Å². The maximum absolute atomic E-state index is 12.2. The van der Waals surface area contributed by atoms with Gasteiger partial charge in [-0.3, -0.25) is 9.78 Å². The highest BCUT2D eigenvalue weighted by Crippen LogP contribution is 2.20. The van der Waals surface area contributed by atoms with Crippen molar-refractivity contribution in [1.82, 2.24) is 4.98 Å². The molecule has 1 heterocycles. The van der Waals surface area contributed by atoms with Gasteiger partial charge in [-0.15, -0.1) is 0 Å². The van der Waals surface area contributed by atoms with E-state index in [1.165, 1.54) is 0 Å². The lowest BCUT2D eigenvalue weighted by Gasteiger charge is -2.08. The molecule has 0 bridgehead atoms. The summed E-state index contributed by atoms with van der Waals surface area (Å²) >= 11 is 0. The number of hydrogen-bond donors (Lipinski definition) is 0. The molecular formula is C23H20N2O2. The molecule has 2 aromatic carbocycles. The zero-order valence-electron chi connectivity index (χ0n) is 15.0. The van der Waals surface area contributed by atoms with Crippen molar-refractivity contribution in [2.24, 2.45) is 0 Å². The Kier molecular flexibility index (Phi) is 6.32. The molecule has 4 heteroatoms. The first-order valence-electron chi connectivity index (χ1n) is 8.82. The van der Waals surface area contributed by atoms with E-state index in [2.05, 4.69) is 9.83 Å². The number of aryl methyl sites for hydroxylation is 1. The summed E-state index contributed by atoms with van der Waals surface area (Å²) in [5.74, 6) is 0.900. The number of ketones is 1. The van der Waals surface area contributed by atoms with Gasteiger partial charge in [-0.05, 0) is 41.3 Å². The first-order valence-corrected chi connectivity index (χ1v) is 8.82. The van der Waals surface area contributed by atoms with Crippen molar-refractivity contribution in [3.63, 3.8) is 0 Å². The summed E-state index contributed by atoms with van der Waals surface area (Å²) in [6.07, 6.45) is 5.22. The number of benzene rings is 2. The topological polar surface area (TPSA) is 43.5 Å². The van der Waals surface area contributed by atoms with E-state index in [4.69, 9.17) is 11.3 Å². The minimum absolute atomic E-state index is 0.221. The van der Waals surface area contributed by atoms with Gasteiger partial charge in [0.1, 0.15) is 18.1 Å². The highest BCUT2D eigenvalue weighted by Gasteiger charge is 2.05. The predicted molar refractivity (Wildman–Crippen MR) is 105 cm³/mol. The Balaban J connectivity index is 1.48. The quantitative estimate of drug-likeness (QED) is 0.536. The summed E-state index contributed by atoms with van der Waals surface area (Å²) < 4.78 is 5.73. The molecule has 134 valence electrons. The Morgan fingerprint density at radius 2 is 1.81 bits per heavy atom. The summed E-state index contributed by atoms with van der Waals surface area (Å²) in [5.41, 5.74) is 3.67. The Hall–Kier alpha value is -3.45. The van der Waals surface area contributed by atoms with Crippen LogP contribution in [0, 0.1) is 6.57 Å². The van der Waals surface area contributed by atoms with Crippen molar-refractivity contribution in [1.29, 1.82) is 0 Å². The lowest BCUT2D eigenvalue weighted by molar-refractivity contribution is -0.118. The standard InChI is InChI=1S/C23H20N2O2/c1-24-21-5-2-6-23(15-21)27-17-20-9-7-18(8-10-20)14-22(26)12-11-19-4-3-13-25-16-19/h2-10,13,15-16H,11-12,14,17H2. The lowest BCUT2D eigenvalue weighted by Crippen LogP contribution is -2.05. The van der Waals surface area contributed by atoms with Gasteiger partial charge in [0.15, 0.2) is 5.69 Å². The van der Waals surface area contributed by atoms with Crippen LogP contribution >= 0.6 is 0 Å². The maximum atomic E-state index is 12.2. The van der Waals surface area contributed by atoms with Crippen LogP contribution in [-0.2, 0) is 24.2 Å². The van der Waals surface area contributed by atoms with E-state index >= 15 is 0 Å². The van der Waals surface area contributed by atoms with Crippen LogP contribution < -0.4 is 4.74 Å². The molecular weight excluding hydrogens is 336 g/mol. The normalized spacial score (nSPS) is 10.2. The van der Waals surface area contributed by atoms with Crippen LogP contribution in [0.25, 0.3) is 4.85 Å². The van der Waals surface area contributed by atoms with E-state index in [0.29, 0.717) is 30.9 Å². The summed E-state index contributed by atoms with van der Waals surface area (Å²) in [6.45, 7) is 7.46. The first kappa shape index (κ1) is 18.3. The molecule has 0 radical (unpaired) electrons. The fourth-order valence-electron chi connectivity index (χ4n) is 2.71. The van der Waals surface area contributed by atoms with E-state index in [-0.39, 0.29) is 5.78 Å². The zero-order valence-corrected chi connectivity index (χ0v) is 15.0. The molecule has 1 aromatic heterocycles. The molecule has 0 fully saturated rings. The largest absolute Gasteiger partial charge is 0.490 e. The molecule has 27 heavy (non-hydrogen) atoms. The first-order chi connectivity index (χ1) is 13.2. The number of Topliss-reactive ketones (excluding diaryl/α,β-unsaturated/α-hetero) is 1. The van der Waals surface area contributed by atoms with Crippen molar-refractivity contribution in [2.75, 3.05) is 0 Å². The maximum Gasteiger partial charge on any atom is 0.190 e. The van der Waals surface area contributed by atoms with Crippen molar-refractivity contribution in [3.05, 3.63) is 101 Å². The van der Waals surface area contributed by atoms with Gasteiger partial charge in [-0.2, -0.15) is 0 Å². The Labute approximate surface area is 159 Å². The summed E-state index contributed by atoms with van der Waals surface area (Å²) in [7, 11) is 0. The average molecular weight is 356 g/mol. The number of ether oxygens (including phenoxy) is 1. The number of carbonyl (C=O) groups is 1. The Morgan fingerprint density at radius 1 is 1.00 bits per heavy atom. The third-order valence-electron chi connectivity index (χ3n) is 4.19. The number of aromatic nitrogens is 1. The minimum atomic E-state index is 0.221. The number of hydrogen-bond acceptors (Lipinski definition) is 3. The number of carbonyl (C=O) groups excluding carboxylic acids is 1. The monoisotopic (exact) mass is 356 g/mol. The van der Waals surface area contributed by atoms with Crippen LogP contribution in [0.4, 0.5) is 5.69 Å². The molecule has 0 unspecified atom stereocenters. The van der Waals surface area contributed by atoms with Crippen LogP contribution in [0.3, 0.4) is 0 Å². The minimum Gasteiger partial charge on any atom is -0.490 e. The van der Waals surface area contributed by atoms with E-state index in [9.17, 15) is 4.79 Å². The smallest absolute Gasteiger partial charge is 0.190 e. The highest BCUT2D eigenvalue weighted by molar-refractivity contribution is 5.81. The molecule has 0 N–H and O–H groups in total. The van der Waals surface area contributed by atoms with Gasteiger partial charge < -0.3 is 4.74 Å². The SMILES string of the molecule is [C-]#[N+]c1cccc(OCc2ccc(CC(=O)CCc3cccnc3)cc2)c1. The Bertz CT molecular complexity index is 929. The third kappa shape index (κ3) is 5.79. The predicted octanol–water partition coefficient (Wildman–Crippen LogP) is 4.96. The molecule has 0 amide bonds. The van der Waals surface area contributed by atoms with Gasteiger partial charge >= 0.3 is 0 Å². The Morgan fingerprint density at radius 3 is 2.56 bits per heavy atom. The highest BCUT2D eigenvalue weighted by atomic mass is 16.5. The number of rotatable bonds is 8. The number of nitrogens with zero attached hydrogens (tertiary/aromatic N) is 2. The van der Waals surface area contributed by atoms with E-state index in [1.807, 2.05) is 48.5 Å². The van der Waals surface area contributed by atoms with Crippen LogP contribution in [0.2, 0.25) is 0 Å². The van der Waals surface area contributed by atoms with Crippen molar-refractivity contribution in [3.8, 4) is 5.75 Å². The lowest BCUT2D eigenvalue weighted by atomic mass is 10.0.